The van der Waals surface area contributed by atoms with Crippen LogP contribution in [0.4, 0.5) is 0 Å². The number of H-pyrrole nitrogens is 1. The summed E-state index contributed by atoms with van der Waals surface area (Å²) in [5.41, 5.74) is 4.64. The third kappa shape index (κ3) is 4.45. The van der Waals surface area contributed by atoms with Crippen molar-refractivity contribution < 1.29 is 19.1 Å². The Morgan fingerprint density at radius 2 is 1.94 bits per heavy atom. The number of carbonyl (C=O) groups excluding carboxylic acids is 2. The summed E-state index contributed by atoms with van der Waals surface area (Å²) in [7, 11) is 1.58. The third-order valence-electron chi connectivity index (χ3n) is 5.49. The number of methoxy groups -OCH3 is 1. The fourth-order valence-electron chi connectivity index (χ4n) is 3.85. The molecule has 0 radical (unpaired) electrons. The summed E-state index contributed by atoms with van der Waals surface area (Å²) < 4.78 is 11.3. The highest BCUT2D eigenvalue weighted by Gasteiger charge is 2.26. The molecule has 0 unspecified atom stereocenters. The van der Waals surface area contributed by atoms with Crippen molar-refractivity contribution in [2.24, 2.45) is 0 Å². The lowest BCUT2D eigenvalue weighted by Crippen LogP contribution is -2.24. The number of aryl methyl sites for hydroxylation is 1. The zero-order valence-electron chi connectivity index (χ0n) is 17.7. The molecule has 160 valence electrons. The van der Waals surface area contributed by atoms with Gasteiger partial charge in [-0.1, -0.05) is 6.07 Å². The van der Waals surface area contributed by atoms with Crippen LogP contribution in [0.1, 0.15) is 56.1 Å². The predicted molar refractivity (Wildman–Crippen MR) is 116 cm³/mol. The molecule has 1 amide bonds. The standard InChI is InChI=1S/C24H25N3O4/c1-15-22-18(4-3-5-19(22)28)27-23(15)24(29)26-13-17-6-7-20(21(12-17)30-2)31-14-16-8-10-25-11-9-16/h6-12,27H,3-5,13-14H2,1-2H3,(H,26,29). The second-order valence-electron chi connectivity index (χ2n) is 7.57. The number of pyridine rings is 1. The minimum atomic E-state index is -0.225. The Morgan fingerprint density at radius 1 is 1.13 bits per heavy atom. The van der Waals surface area contributed by atoms with Crippen molar-refractivity contribution in [1.29, 1.82) is 0 Å². The molecule has 1 aliphatic rings. The SMILES string of the molecule is COc1cc(CNC(=O)c2[nH]c3c(c2C)C(=O)CCC3)ccc1OCc1ccncc1. The van der Waals surface area contributed by atoms with E-state index in [9.17, 15) is 9.59 Å². The van der Waals surface area contributed by atoms with Gasteiger partial charge in [0.2, 0.25) is 0 Å². The van der Waals surface area contributed by atoms with Crippen molar-refractivity contribution in [3.63, 3.8) is 0 Å². The Balaban J connectivity index is 1.42. The van der Waals surface area contributed by atoms with Gasteiger partial charge in [-0.25, -0.2) is 0 Å². The number of carbonyl (C=O) groups is 2. The maximum Gasteiger partial charge on any atom is 0.268 e. The second-order valence-corrected chi connectivity index (χ2v) is 7.57. The number of rotatable bonds is 7. The van der Waals surface area contributed by atoms with Crippen LogP contribution in [0.25, 0.3) is 0 Å². The molecule has 0 fully saturated rings. The van der Waals surface area contributed by atoms with Gasteiger partial charge in [-0.2, -0.15) is 0 Å². The first kappa shape index (κ1) is 20.7. The smallest absolute Gasteiger partial charge is 0.268 e. The zero-order chi connectivity index (χ0) is 21.8. The number of ether oxygens (including phenoxy) is 2. The molecular weight excluding hydrogens is 394 g/mol. The van der Waals surface area contributed by atoms with E-state index in [0.29, 0.717) is 42.3 Å². The predicted octanol–water partition coefficient (Wildman–Crippen LogP) is 3.75. The van der Waals surface area contributed by atoms with Crippen LogP contribution in [0.15, 0.2) is 42.7 Å². The molecule has 0 saturated heterocycles. The Labute approximate surface area is 180 Å². The summed E-state index contributed by atoms with van der Waals surface area (Å²) in [6.45, 7) is 2.56. The van der Waals surface area contributed by atoms with E-state index in [0.717, 1.165) is 35.2 Å². The maximum atomic E-state index is 12.7. The van der Waals surface area contributed by atoms with Gasteiger partial charge in [-0.15, -0.1) is 0 Å². The highest BCUT2D eigenvalue weighted by atomic mass is 16.5. The first-order valence-electron chi connectivity index (χ1n) is 10.3. The summed E-state index contributed by atoms with van der Waals surface area (Å²) in [4.78, 5) is 32.1. The molecule has 2 heterocycles. The molecule has 0 aliphatic heterocycles. The molecule has 4 rings (SSSR count). The van der Waals surface area contributed by atoms with E-state index >= 15 is 0 Å². The lowest BCUT2D eigenvalue weighted by molar-refractivity contribution is 0.0944. The summed E-state index contributed by atoms with van der Waals surface area (Å²) in [6.07, 6.45) is 5.61. The van der Waals surface area contributed by atoms with Crippen LogP contribution in [0.3, 0.4) is 0 Å². The van der Waals surface area contributed by atoms with Gasteiger partial charge >= 0.3 is 0 Å². The molecule has 7 nitrogen and oxygen atoms in total. The van der Waals surface area contributed by atoms with Crippen molar-refractivity contribution in [3.05, 3.63) is 76.4 Å². The number of ketones is 1. The number of fused-ring (bicyclic) bond motifs is 1. The number of aromatic amines is 1. The van der Waals surface area contributed by atoms with Gasteiger partial charge in [0.15, 0.2) is 17.3 Å². The van der Waals surface area contributed by atoms with E-state index in [-0.39, 0.29) is 11.7 Å². The molecule has 3 aromatic rings. The average Bonchev–Trinajstić information content (AvgIpc) is 3.14. The van der Waals surface area contributed by atoms with Gasteiger partial charge in [0, 0.05) is 36.6 Å². The molecule has 2 N–H and O–H groups in total. The molecule has 1 aromatic carbocycles. The lowest BCUT2D eigenvalue weighted by atomic mass is 9.94. The average molecular weight is 419 g/mol. The van der Waals surface area contributed by atoms with Crippen LogP contribution < -0.4 is 14.8 Å². The Morgan fingerprint density at radius 3 is 2.68 bits per heavy atom. The van der Waals surface area contributed by atoms with Crippen molar-refractivity contribution in [3.8, 4) is 11.5 Å². The quantitative estimate of drug-likeness (QED) is 0.608. The number of Topliss-reactive ketones (excluding diaryl/α,β-unsaturated/α-hetero) is 1. The van der Waals surface area contributed by atoms with Gasteiger partial charge in [0.1, 0.15) is 12.3 Å². The first-order chi connectivity index (χ1) is 15.1. The summed E-state index contributed by atoms with van der Waals surface area (Å²) in [6, 6.07) is 9.35. The van der Waals surface area contributed by atoms with Crippen LogP contribution in [-0.2, 0) is 19.6 Å². The highest BCUT2D eigenvalue weighted by molar-refractivity contribution is 6.04. The molecular formula is C24H25N3O4. The van der Waals surface area contributed by atoms with Gasteiger partial charge in [0.05, 0.1) is 7.11 Å². The Bertz CT molecular complexity index is 1110. The summed E-state index contributed by atoms with van der Waals surface area (Å²) in [5.74, 6) is 1.11. The number of nitrogens with one attached hydrogen (secondary N) is 2. The van der Waals surface area contributed by atoms with Crippen LogP contribution in [0.5, 0.6) is 11.5 Å². The third-order valence-corrected chi connectivity index (χ3v) is 5.49. The first-order valence-corrected chi connectivity index (χ1v) is 10.3. The van der Waals surface area contributed by atoms with E-state index in [1.807, 2.05) is 37.3 Å². The van der Waals surface area contributed by atoms with Crippen LogP contribution >= 0.6 is 0 Å². The van der Waals surface area contributed by atoms with Crippen molar-refractivity contribution >= 4 is 11.7 Å². The van der Waals surface area contributed by atoms with Gasteiger partial charge in [0.25, 0.3) is 5.91 Å². The molecule has 1 aliphatic carbocycles. The van der Waals surface area contributed by atoms with E-state index in [4.69, 9.17) is 9.47 Å². The van der Waals surface area contributed by atoms with Crippen molar-refractivity contribution in [1.82, 2.24) is 15.3 Å². The number of hydrogen-bond donors (Lipinski definition) is 2. The number of aromatic nitrogens is 2. The molecule has 0 atom stereocenters. The van der Waals surface area contributed by atoms with Gasteiger partial charge in [-0.05, 0) is 60.7 Å². The normalized spacial score (nSPS) is 12.9. The fourth-order valence-corrected chi connectivity index (χ4v) is 3.85. The van der Waals surface area contributed by atoms with Gasteiger partial charge < -0.3 is 19.8 Å². The van der Waals surface area contributed by atoms with E-state index in [1.165, 1.54) is 0 Å². The number of amides is 1. The Hall–Kier alpha value is -3.61. The molecule has 31 heavy (non-hydrogen) atoms. The minimum Gasteiger partial charge on any atom is -0.493 e. The molecule has 0 saturated carbocycles. The van der Waals surface area contributed by atoms with Crippen LogP contribution in [-0.4, -0.2) is 28.8 Å². The second kappa shape index (κ2) is 9.04. The van der Waals surface area contributed by atoms with Crippen molar-refractivity contribution in [2.45, 2.75) is 39.3 Å². The fraction of sp³-hybridized carbons (Fsp3) is 0.292. The molecule has 0 bridgehead atoms. The largest absolute Gasteiger partial charge is 0.493 e. The van der Waals surface area contributed by atoms with Gasteiger partial charge in [-0.3, -0.25) is 14.6 Å². The van der Waals surface area contributed by atoms with Crippen molar-refractivity contribution in [2.75, 3.05) is 7.11 Å². The minimum absolute atomic E-state index is 0.112. The Kier molecular flexibility index (Phi) is 6.02. The molecule has 0 spiro atoms. The monoisotopic (exact) mass is 419 g/mol. The van der Waals surface area contributed by atoms with Crippen LogP contribution in [0.2, 0.25) is 0 Å². The lowest BCUT2D eigenvalue weighted by Gasteiger charge is -2.13. The van der Waals surface area contributed by atoms with E-state index in [1.54, 1.807) is 19.5 Å². The number of hydrogen-bond acceptors (Lipinski definition) is 5. The molecule has 2 aromatic heterocycles. The van der Waals surface area contributed by atoms with E-state index in [2.05, 4.69) is 15.3 Å². The number of benzene rings is 1. The van der Waals surface area contributed by atoms with E-state index < -0.39 is 0 Å². The molecule has 7 heteroatoms. The van der Waals surface area contributed by atoms with Crippen LogP contribution in [0, 0.1) is 6.92 Å². The zero-order valence-corrected chi connectivity index (χ0v) is 17.7. The maximum absolute atomic E-state index is 12.7. The highest BCUT2D eigenvalue weighted by Crippen LogP contribution is 2.29. The summed E-state index contributed by atoms with van der Waals surface area (Å²) in [5, 5.41) is 2.92. The topological polar surface area (TPSA) is 93.3 Å². The summed E-state index contributed by atoms with van der Waals surface area (Å²) >= 11 is 0. The number of nitrogens with zero attached hydrogens (tertiary/aromatic N) is 1.